The molecule has 0 aliphatic heterocycles. The molecular weight excluding hydrogens is 394 g/mol. The van der Waals surface area contributed by atoms with Crippen molar-refractivity contribution in [2.45, 2.75) is 33.7 Å². The highest BCUT2D eigenvalue weighted by Crippen LogP contribution is 2.19. The van der Waals surface area contributed by atoms with Gasteiger partial charge in [-0.3, -0.25) is 14.4 Å². The smallest absolute Gasteiger partial charge is 0.255 e. The number of rotatable bonds is 9. The summed E-state index contributed by atoms with van der Waals surface area (Å²) in [6, 6.07) is 12.8. The van der Waals surface area contributed by atoms with Crippen molar-refractivity contribution in [1.29, 1.82) is 0 Å². The first-order chi connectivity index (χ1) is 14.8. The molecule has 0 aliphatic rings. The van der Waals surface area contributed by atoms with Crippen molar-refractivity contribution >= 4 is 23.4 Å². The summed E-state index contributed by atoms with van der Waals surface area (Å²) < 4.78 is 5.11. The van der Waals surface area contributed by atoms with E-state index in [4.69, 9.17) is 4.74 Å². The van der Waals surface area contributed by atoms with Crippen LogP contribution >= 0.6 is 0 Å². The first-order valence-corrected chi connectivity index (χ1v) is 10.5. The van der Waals surface area contributed by atoms with Crippen molar-refractivity contribution in [2.75, 3.05) is 25.5 Å². The zero-order valence-corrected chi connectivity index (χ0v) is 18.8. The molecule has 0 saturated heterocycles. The predicted octanol–water partition coefficient (Wildman–Crippen LogP) is 3.57. The number of hydrogen-bond acceptors (Lipinski definition) is 4. The van der Waals surface area contributed by atoms with E-state index in [1.807, 2.05) is 27.7 Å². The second-order valence-electron chi connectivity index (χ2n) is 7.43. The molecule has 7 heteroatoms. The molecule has 3 amide bonds. The molecule has 0 saturated carbocycles. The van der Waals surface area contributed by atoms with E-state index in [9.17, 15) is 14.4 Å². The molecule has 2 N–H and O–H groups in total. The quantitative estimate of drug-likeness (QED) is 0.643. The number of likely N-dealkylation sites (N-methyl/N-ethyl adjacent to an activating group) is 1. The fourth-order valence-electron chi connectivity index (χ4n) is 3.19. The minimum absolute atomic E-state index is 0.0851. The van der Waals surface area contributed by atoms with E-state index in [-0.39, 0.29) is 17.7 Å². The lowest BCUT2D eigenvalue weighted by molar-refractivity contribution is -0.133. The molecule has 2 aromatic carbocycles. The molecule has 0 heterocycles. The second-order valence-corrected chi connectivity index (χ2v) is 7.43. The van der Waals surface area contributed by atoms with Crippen LogP contribution in [0.1, 0.15) is 48.4 Å². The van der Waals surface area contributed by atoms with Crippen LogP contribution in [0.15, 0.2) is 48.5 Å². The summed E-state index contributed by atoms with van der Waals surface area (Å²) in [5.41, 5.74) is 1.11. The van der Waals surface area contributed by atoms with E-state index in [0.717, 1.165) is 0 Å². The minimum Gasteiger partial charge on any atom is -0.497 e. The van der Waals surface area contributed by atoms with Gasteiger partial charge in [0.15, 0.2) is 0 Å². The maximum Gasteiger partial charge on any atom is 0.255 e. The number of benzene rings is 2. The Kier molecular flexibility index (Phi) is 8.61. The van der Waals surface area contributed by atoms with Gasteiger partial charge in [-0.25, -0.2) is 0 Å². The number of ether oxygens (including phenoxy) is 1. The van der Waals surface area contributed by atoms with Crippen molar-refractivity contribution in [1.82, 2.24) is 10.2 Å². The van der Waals surface area contributed by atoms with Gasteiger partial charge in [0.05, 0.1) is 18.4 Å². The van der Waals surface area contributed by atoms with E-state index in [2.05, 4.69) is 10.6 Å². The number of methoxy groups -OCH3 is 1. The summed E-state index contributed by atoms with van der Waals surface area (Å²) in [6.45, 7) is 8.74. The minimum atomic E-state index is -0.655. The van der Waals surface area contributed by atoms with Gasteiger partial charge in [0.1, 0.15) is 11.8 Å². The van der Waals surface area contributed by atoms with Crippen molar-refractivity contribution in [2.24, 2.45) is 5.92 Å². The number of amides is 3. The Balaban J connectivity index is 2.21. The molecule has 166 valence electrons. The van der Waals surface area contributed by atoms with Gasteiger partial charge >= 0.3 is 0 Å². The third-order valence-corrected chi connectivity index (χ3v) is 5.07. The number of carbonyl (C=O) groups excluding carboxylic acids is 3. The van der Waals surface area contributed by atoms with Gasteiger partial charge in [-0.2, -0.15) is 0 Å². The first kappa shape index (κ1) is 23.9. The summed E-state index contributed by atoms with van der Waals surface area (Å²) in [5.74, 6) is -0.313. The molecule has 0 aromatic heterocycles. The van der Waals surface area contributed by atoms with Crippen LogP contribution in [0.3, 0.4) is 0 Å². The Bertz CT molecular complexity index is 905. The number of carbonyl (C=O) groups is 3. The maximum atomic E-state index is 13.0. The summed E-state index contributed by atoms with van der Waals surface area (Å²) >= 11 is 0. The number of nitrogens with zero attached hydrogens (tertiary/aromatic N) is 1. The van der Waals surface area contributed by atoms with Crippen LogP contribution in [0.25, 0.3) is 0 Å². The van der Waals surface area contributed by atoms with E-state index < -0.39 is 11.9 Å². The van der Waals surface area contributed by atoms with Gasteiger partial charge in [-0.15, -0.1) is 0 Å². The normalized spacial score (nSPS) is 11.5. The second kappa shape index (κ2) is 11.2. The fraction of sp³-hybridized carbons (Fsp3) is 0.375. The molecule has 0 radical (unpaired) electrons. The van der Waals surface area contributed by atoms with Crippen LogP contribution in [0.4, 0.5) is 5.69 Å². The van der Waals surface area contributed by atoms with Crippen molar-refractivity contribution in [3.05, 3.63) is 59.7 Å². The Labute approximate surface area is 183 Å². The third-order valence-electron chi connectivity index (χ3n) is 5.07. The molecule has 2 rings (SSSR count). The molecule has 0 spiro atoms. The average molecular weight is 426 g/mol. The highest BCUT2D eigenvalue weighted by atomic mass is 16.5. The van der Waals surface area contributed by atoms with Crippen LogP contribution in [0.5, 0.6) is 5.75 Å². The lowest BCUT2D eigenvalue weighted by atomic mass is 10.0. The van der Waals surface area contributed by atoms with Gasteiger partial charge < -0.3 is 20.3 Å². The average Bonchev–Trinajstić information content (AvgIpc) is 2.78. The predicted molar refractivity (Wildman–Crippen MR) is 121 cm³/mol. The van der Waals surface area contributed by atoms with Gasteiger partial charge in [0, 0.05) is 18.7 Å². The van der Waals surface area contributed by atoms with Crippen LogP contribution in [-0.2, 0) is 4.79 Å². The zero-order chi connectivity index (χ0) is 23.0. The van der Waals surface area contributed by atoms with E-state index >= 15 is 0 Å². The summed E-state index contributed by atoms with van der Waals surface area (Å²) in [5, 5.41) is 5.64. The van der Waals surface area contributed by atoms with Crippen molar-refractivity contribution in [3.63, 3.8) is 0 Å². The van der Waals surface area contributed by atoms with Crippen LogP contribution in [0, 0.1) is 5.92 Å². The Morgan fingerprint density at radius 1 is 0.935 bits per heavy atom. The lowest BCUT2D eigenvalue weighted by Crippen LogP contribution is -2.51. The summed E-state index contributed by atoms with van der Waals surface area (Å²) in [6.07, 6.45) is 0. The molecule has 7 nitrogen and oxygen atoms in total. The SMILES string of the molecule is CCN(CC)C(=O)C(NC(=O)c1ccccc1NC(=O)c1ccc(OC)cc1)C(C)C. The van der Waals surface area contributed by atoms with Crippen molar-refractivity contribution in [3.8, 4) is 5.75 Å². The lowest BCUT2D eigenvalue weighted by Gasteiger charge is -2.28. The maximum absolute atomic E-state index is 13.0. The zero-order valence-electron chi connectivity index (χ0n) is 18.8. The topological polar surface area (TPSA) is 87.7 Å². The van der Waals surface area contributed by atoms with Crippen LogP contribution in [0.2, 0.25) is 0 Å². The molecule has 1 atom stereocenters. The number of nitrogens with one attached hydrogen (secondary N) is 2. The van der Waals surface area contributed by atoms with E-state index in [0.29, 0.717) is 35.7 Å². The molecule has 31 heavy (non-hydrogen) atoms. The largest absolute Gasteiger partial charge is 0.497 e. The summed E-state index contributed by atoms with van der Waals surface area (Å²) in [4.78, 5) is 40.2. The molecule has 2 aromatic rings. The number of anilines is 1. The van der Waals surface area contributed by atoms with Gasteiger partial charge in [-0.05, 0) is 56.2 Å². The monoisotopic (exact) mass is 425 g/mol. The standard InChI is InChI=1S/C24H31N3O4/c1-6-27(7-2)24(30)21(16(3)4)26-23(29)19-10-8-9-11-20(19)25-22(28)17-12-14-18(31-5)15-13-17/h8-16,21H,6-7H2,1-5H3,(H,25,28)(H,26,29). The Hall–Kier alpha value is -3.35. The van der Waals surface area contributed by atoms with E-state index in [1.165, 1.54) is 0 Å². The Morgan fingerprint density at radius 3 is 2.10 bits per heavy atom. The van der Waals surface area contributed by atoms with Gasteiger partial charge in [0.25, 0.3) is 11.8 Å². The molecule has 0 aliphatic carbocycles. The van der Waals surface area contributed by atoms with E-state index in [1.54, 1.807) is 60.5 Å². The fourth-order valence-corrected chi connectivity index (χ4v) is 3.19. The molecular formula is C24H31N3O4. The molecule has 0 fully saturated rings. The van der Waals surface area contributed by atoms with Gasteiger partial charge in [-0.1, -0.05) is 26.0 Å². The summed E-state index contributed by atoms with van der Waals surface area (Å²) in [7, 11) is 1.55. The Morgan fingerprint density at radius 2 is 1.55 bits per heavy atom. The number of para-hydroxylation sites is 1. The third kappa shape index (κ3) is 6.07. The number of hydrogen-bond donors (Lipinski definition) is 2. The highest BCUT2D eigenvalue weighted by molar-refractivity contribution is 6.09. The molecule has 1 unspecified atom stereocenters. The first-order valence-electron chi connectivity index (χ1n) is 10.5. The van der Waals surface area contributed by atoms with Crippen LogP contribution < -0.4 is 15.4 Å². The van der Waals surface area contributed by atoms with Crippen molar-refractivity contribution < 1.29 is 19.1 Å². The van der Waals surface area contributed by atoms with Gasteiger partial charge in [0.2, 0.25) is 5.91 Å². The molecule has 0 bridgehead atoms. The highest BCUT2D eigenvalue weighted by Gasteiger charge is 2.28. The van der Waals surface area contributed by atoms with Crippen LogP contribution in [-0.4, -0.2) is 48.9 Å².